The fourth-order valence-electron chi connectivity index (χ4n) is 3.96. The van der Waals surface area contributed by atoms with E-state index in [-0.39, 0.29) is 0 Å². The van der Waals surface area contributed by atoms with E-state index >= 15 is 0 Å². The first-order valence-electron chi connectivity index (χ1n) is 10.4. The van der Waals surface area contributed by atoms with Crippen LogP contribution in [0.15, 0.2) is 42.6 Å². The van der Waals surface area contributed by atoms with E-state index in [1.807, 2.05) is 12.3 Å². The van der Waals surface area contributed by atoms with E-state index < -0.39 is 0 Å². The summed E-state index contributed by atoms with van der Waals surface area (Å²) in [6.07, 6.45) is 12.6. The Balaban J connectivity index is 1.56. The Bertz CT molecular complexity index is 722. The first-order chi connectivity index (χ1) is 12.8. The highest BCUT2D eigenvalue weighted by Crippen LogP contribution is 2.37. The van der Waals surface area contributed by atoms with E-state index in [1.54, 1.807) is 0 Å². The molecule has 0 radical (unpaired) electrons. The van der Waals surface area contributed by atoms with Crippen LogP contribution in [0.5, 0.6) is 0 Å². The zero-order chi connectivity index (χ0) is 18.2. The highest BCUT2D eigenvalue weighted by Gasteiger charge is 2.21. The van der Waals surface area contributed by atoms with Crippen LogP contribution in [0.25, 0.3) is 0 Å². The zero-order valence-electron chi connectivity index (χ0n) is 16.3. The van der Waals surface area contributed by atoms with Crippen LogP contribution in [0.2, 0.25) is 0 Å². The molecule has 1 aliphatic rings. The lowest BCUT2D eigenvalue weighted by molar-refractivity contribution is 0.304. The summed E-state index contributed by atoms with van der Waals surface area (Å²) in [5.74, 6) is 8.14. The Hall–Kier alpha value is -2.07. The van der Waals surface area contributed by atoms with Gasteiger partial charge in [-0.2, -0.15) is 0 Å². The summed E-state index contributed by atoms with van der Waals surface area (Å²) < 4.78 is 0. The monoisotopic (exact) mass is 345 g/mol. The van der Waals surface area contributed by atoms with Crippen LogP contribution in [0.3, 0.4) is 0 Å². The second kappa shape index (κ2) is 9.58. The Kier molecular flexibility index (Phi) is 6.89. The number of benzene rings is 1. The Morgan fingerprint density at radius 3 is 2.31 bits per heavy atom. The molecule has 0 spiro atoms. The quantitative estimate of drug-likeness (QED) is 0.563. The van der Waals surface area contributed by atoms with Gasteiger partial charge in [0.2, 0.25) is 0 Å². The van der Waals surface area contributed by atoms with Crippen molar-refractivity contribution in [1.82, 2.24) is 4.98 Å². The number of aryl methyl sites for hydroxylation is 1. The third-order valence-corrected chi connectivity index (χ3v) is 5.76. The van der Waals surface area contributed by atoms with E-state index in [0.717, 1.165) is 29.5 Å². The third-order valence-electron chi connectivity index (χ3n) is 5.76. The standard InChI is InChI=1S/C25H31N/c1-3-5-6-21-7-13-23(14-8-21)24-15-9-22(10-16-24)12-18-25-17-11-20(4-2)19-26-25/h9-11,15-17,19,21,23H,3-8,13-14H2,1-2H3. The molecule has 1 aromatic heterocycles. The Morgan fingerprint density at radius 2 is 1.69 bits per heavy atom. The van der Waals surface area contributed by atoms with Gasteiger partial charge in [0.15, 0.2) is 0 Å². The molecule has 0 bridgehead atoms. The van der Waals surface area contributed by atoms with Gasteiger partial charge in [-0.1, -0.05) is 57.2 Å². The highest BCUT2D eigenvalue weighted by molar-refractivity contribution is 5.41. The predicted octanol–water partition coefficient (Wildman–Crippen LogP) is 6.51. The number of nitrogens with zero attached hydrogens (tertiary/aromatic N) is 1. The molecule has 0 aliphatic heterocycles. The van der Waals surface area contributed by atoms with E-state index in [1.165, 1.54) is 56.1 Å². The van der Waals surface area contributed by atoms with Crippen molar-refractivity contribution in [3.63, 3.8) is 0 Å². The van der Waals surface area contributed by atoms with Gasteiger partial charge >= 0.3 is 0 Å². The highest BCUT2D eigenvalue weighted by atomic mass is 14.7. The number of hydrogen-bond acceptors (Lipinski definition) is 1. The summed E-state index contributed by atoms with van der Waals surface area (Å²) in [6.45, 7) is 4.44. The van der Waals surface area contributed by atoms with Crippen LogP contribution < -0.4 is 0 Å². The first-order valence-corrected chi connectivity index (χ1v) is 10.4. The molecule has 1 fully saturated rings. The normalized spacial score (nSPS) is 19.6. The molecule has 1 aromatic carbocycles. The van der Waals surface area contributed by atoms with Gasteiger partial charge < -0.3 is 0 Å². The van der Waals surface area contributed by atoms with Gasteiger partial charge in [0.25, 0.3) is 0 Å². The molecule has 3 rings (SSSR count). The van der Waals surface area contributed by atoms with Gasteiger partial charge in [-0.15, -0.1) is 0 Å². The topological polar surface area (TPSA) is 12.9 Å². The molecule has 1 heterocycles. The Labute approximate surface area is 159 Å². The lowest BCUT2D eigenvalue weighted by atomic mass is 9.77. The number of pyridine rings is 1. The van der Waals surface area contributed by atoms with Crippen LogP contribution >= 0.6 is 0 Å². The molecule has 1 saturated carbocycles. The van der Waals surface area contributed by atoms with Gasteiger partial charge in [-0.05, 0) is 79.2 Å². The van der Waals surface area contributed by atoms with Gasteiger partial charge in [-0.25, -0.2) is 4.98 Å². The molecule has 0 N–H and O–H groups in total. The number of aromatic nitrogens is 1. The number of hydrogen-bond donors (Lipinski definition) is 0. The molecule has 0 amide bonds. The molecule has 2 aromatic rings. The minimum atomic E-state index is 0.748. The maximum atomic E-state index is 4.41. The minimum absolute atomic E-state index is 0.748. The average Bonchev–Trinajstić information content (AvgIpc) is 2.72. The van der Waals surface area contributed by atoms with Crippen LogP contribution in [0.1, 0.15) is 87.1 Å². The van der Waals surface area contributed by atoms with Crippen LogP contribution in [0.4, 0.5) is 0 Å². The lowest BCUT2D eigenvalue weighted by Gasteiger charge is -2.28. The van der Waals surface area contributed by atoms with E-state index in [4.69, 9.17) is 0 Å². The fourth-order valence-corrected chi connectivity index (χ4v) is 3.96. The molecule has 0 saturated heterocycles. The SMILES string of the molecule is CCCCC1CCC(c2ccc(C#Cc3ccc(CC)cn3)cc2)CC1. The van der Waals surface area contributed by atoms with Crippen LogP contribution in [0, 0.1) is 17.8 Å². The molecule has 1 aliphatic carbocycles. The summed E-state index contributed by atoms with van der Waals surface area (Å²) in [7, 11) is 0. The second-order valence-corrected chi connectivity index (χ2v) is 7.64. The molecule has 1 nitrogen and oxygen atoms in total. The van der Waals surface area contributed by atoms with Gasteiger partial charge in [-0.3, -0.25) is 0 Å². The van der Waals surface area contributed by atoms with Crippen molar-refractivity contribution in [3.05, 3.63) is 65.0 Å². The minimum Gasteiger partial charge on any atom is -0.248 e. The molecule has 136 valence electrons. The smallest absolute Gasteiger partial charge is 0.113 e. The molecular formula is C25H31N. The zero-order valence-corrected chi connectivity index (χ0v) is 16.3. The van der Waals surface area contributed by atoms with Crippen molar-refractivity contribution < 1.29 is 0 Å². The maximum Gasteiger partial charge on any atom is 0.113 e. The molecular weight excluding hydrogens is 314 g/mol. The number of unbranched alkanes of at least 4 members (excludes halogenated alkanes) is 1. The molecule has 0 atom stereocenters. The third kappa shape index (κ3) is 5.21. The van der Waals surface area contributed by atoms with Gasteiger partial charge in [0.1, 0.15) is 5.69 Å². The lowest BCUT2D eigenvalue weighted by Crippen LogP contribution is -2.13. The van der Waals surface area contributed by atoms with Crippen molar-refractivity contribution in [2.45, 2.75) is 71.1 Å². The Morgan fingerprint density at radius 1 is 0.923 bits per heavy atom. The average molecular weight is 346 g/mol. The largest absolute Gasteiger partial charge is 0.248 e. The fraction of sp³-hybridized carbons (Fsp3) is 0.480. The molecule has 1 heteroatoms. The second-order valence-electron chi connectivity index (χ2n) is 7.64. The van der Waals surface area contributed by atoms with E-state index in [9.17, 15) is 0 Å². The maximum absolute atomic E-state index is 4.41. The van der Waals surface area contributed by atoms with Crippen molar-refractivity contribution in [3.8, 4) is 11.8 Å². The van der Waals surface area contributed by atoms with Crippen molar-refractivity contribution >= 4 is 0 Å². The summed E-state index contributed by atoms with van der Waals surface area (Å²) in [5, 5.41) is 0. The van der Waals surface area contributed by atoms with E-state index in [2.05, 4.69) is 61.0 Å². The predicted molar refractivity (Wildman–Crippen MR) is 110 cm³/mol. The van der Waals surface area contributed by atoms with Crippen molar-refractivity contribution in [2.75, 3.05) is 0 Å². The van der Waals surface area contributed by atoms with Gasteiger partial charge in [0.05, 0.1) is 0 Å². The van der Waals surface area contributed by atoms with Crippen molar-refractivity contribution in [1.29, 1.82) is 0 Å². The summed E-state index contributed by atoms with van der Waals surface area (Å²) in [6, 6.07) is 13.0. The van der Waals surface area contributed by atoms with Gasteiger partial charge in [0, 0.05) is 11.8 Å². The van der Waals surface area contributed by atoms with Crippen LogP contribution in [-0.2, 0) is 6.42 Å². The van der Waals surface area contributed by atoms with Crippen LogP contribution in [-0.4, -0.2) is 4.98 Å². The summed E-state index contributed by atoms with van der Waals surface area (Å²) in [5.41, 5.74) is 4.67. The van der Waals surface area contributed by atoms with E-state index in [0.29, 0.717) is 0 Å². The molecule has 26 heavy (non-hydrogen) atoms. The van der Waals surface area contributed by atoms with Crippen molar-refractivity contribution in [2.24, 2.45) is 5.92 Å². The summed E-state index contributed by atoms with van der Waals surface area (Å²) >= 11 is 0. The molecule has 0 unspecified atom stereocenters. The number of rotatable bonds is 5. The first kappa shape index (κ1) is 18.7. The summed E-state index contributed by atoms with van der Waals surface area (Å²) in [4.78, 5) is 4.41.